The summed E-state index contributed by atoms with van der Waals surface area (Å²) < 4.78 is 14.5. The van der Waals surface area contributed by atoms with E-state index in [2.05, 4.69) is 38.5 Å². The van der Waals surface area contributed by atoms with Crippen molar-refractivity contribution in [1.29, 1.82) is 0 Å². The Morgan fingerprint density at radius 1 is 1.53 bits per heavy atom. The molecule has 1 aromatic carbocycles. The molecule has 0 saturated heterocycles. The van der Waals surface area contributed by atoms with Crippen molar-refractivity contribution in [3.63, 3.8) is 0 Å². The van der Waals surface area contributed by atoms with Crippen LogP contribution >= 0.6 is 38.5 Å². The highest BCUT2D eigenvalue weighted by Crippen LogP contribution is 2.19. The first-order valence-electron chi connectivity index (χ1n) is 4.90. The van der Waals surface area contributed by atoms with E-state index >= 15 is 0 Å². The van der Waals surface area contributed by atoms with E-state index < -0.39 is 11.6 Å². The molecule has 0 spiro atoms. The normalized spacial score (nSPS) is 12.2. The molecule has 1 rings (SSSR count). The highest BCUT2D eigenvalue weighted by Gasteiger charge is 2.18. The second-order valence-corrected chi connectivity index (χ2v) is 6.16. The second-order valence-electron chi connectivity index (χ2n) is 4.06. The Morgan fingerprint density at radius 3 is 2.67 bits per heavy atom. The standard InChI is InChI=1S/C11H12BrIO2/c1-11(2,3)15-10(14)7-4-8(12)6-9(13)5-7/h4-6H,1-3H3/i4D. The van der Waals surface area contributed by atoms with Crippen molar-refractivity contribution in [1.82, 2.24) is 0 Å². The summed E-state index contributed by atoms with van der Waals surface area (Å²) in [5.74, 6) is -0.461. The molecule has 0 aromatic heterocycles. The van der Waals surface area contributed by atoms with Gasteiger partial charge < -0.3 is 4.74 Å². The van der Waals surface area contributed by atoms with Crippen LogP contribution in [0.2, 0.25) is 0 Å². The first-order valence-corrected chi connectivity index (χ1v) is 6.27. The Morgan fingerprint density at radius 2 is 2.13 bits per heavy atom. The number of hydrogen-bond acceptors (Lipinski definition) is 2. The van der Waals surface area contributed by atoms with Gasteiger partial charge >= 0.3 is 5.97 Å². The van der Waals surface area contributed by atoms with Gasteiger partial charge in [-0.05, 0) is 61.5 Å². The first-order chi connectivity index (χ1) is 7.20. The van der Waals surface area contributed by atoms with Crippen LogP contribution in [0.1, 0.15) is 32.5 Å². The Labute approximate surface area is 113 Å². The lowest BCUT2D eigenvalue weighted by Gasteiger charge is -2.19. The lowest BCUT2D eigenvalue weighted by molar-refractivity contribution is 0.00694. The molecule has 2 nitrogen and oxygen atoms in total. The second kappa shape index (κ2) is 4.82. The van der Waals surface area contributed by atoms with Crippen molar-refractivity contribution < 1.29 is 10.9 Å². The van der Waals surface area contributed by atoms with Gasteiger partial charge in [-0.1, -0.05) is 15.9 Å². The zero-order chi connectivity index (χ0) is 12.5. The molecule has 0 heterocycles. The maximum atomic E-state index is 11.8. The van der Waals surface area contributed by atoms with Crippen LogP contribution in [0, 0.1) is 3.57 Å². The number of ether oxygens (including phenoxy) is 1. The Balaban J connectivity index is 3.09. The Bertz CT molecular complexity index is 427. The van der Waals surface area contributed by atoms with Gasteiger partial charge in [-0.25, -0.2) is 4.79 Å². The summed E-state index contributed by atoms with van der Waals surface area (Å²) >= 11 is 5.34. The van der Waals surface area contributed by atoms with Crippen LogP contribution in [0.4, 0.5) is 0 Å². The van der Waals surface area contributed by atoms with Gasteiger partial charge in [0.25, 0.3) is 0 Å². The molecule has 0 amide bonds. The van der Waals surface area contributed by atoms with Crippen molar-refractivity contribution in [2.45, 2.75) is 26.4 Å². The minimum absolute atomic E-state index is 0.162. The number of hydrogen-bond donors (Lipinski definition) is 0. The maximum Gasteiger partial charge on any atom is 0.338 e. The van der Waals surface area contributed by atoms with Gasteiger partial charge in [0.1, 0.15) is 5.60 Å². The van der Waals surface area contributed by atoms with E-state index in [9.17, 15) is 4.79 Å². The van der Waals surface area contributed by atoms with Crippen LogP contribution in [0.15, 0.2) is 22.6 Å². The number of carbonyl (C=O) groups is 1. The van der Waals surface area contributed by atoms with Gasteiger partial charge in [0.15, 0.2) is 0 Å². The van der Waals surface area contributed by atoms with Crippen molar-refractivity contribution in [2.24, 2.45) is 0 Å². The first kappa shape index (κ1) is 11.4. The molecule has 0 bridgehead atoms. The van der Waals surface area contributed by atoms with E-state index in [1.165, 1.54) is 0 Å². The van der Waals surface area contributed by atoms with Crippen LogP contribution < -0.4 is 0 Å². The van der Waals surface area contributed by atoms with E-state index in [0.717, 1.165) is 3.57 Å². The molecule has 0 unspecified atom stereocenters. The van der Waals surface area contributed by atoms with Crippen molar-refractivity contribution >= 4 is 44.5 Å². The molecule has 0 aliphatic carbocycles. The third kappa shape index (κ3) is 4.51. The fraction of sp³-hybridized carbons (Fsp3) is 0.364. The zero-order valence-corrected chi connectivity index (χ0v) is 12.5. The number of halogens is 2. The molecule has 0 aliphatic heterocycles. The summed E-state index contributed by atoms with van der Waals surface area (Å²) in [5.41, 5.74) is -0.259. The van der Waals surface area contributed by atoms with Crippen molar-refractivity contribution in [3.8, 4) is 0 Å². The summed E-state index contributed by atoms with van der Waals surface area (Å²) in [6, 6.07) is 3.60. The fourth-order valence-corrected chi connectivity index (χ4v) is 2.46. The average molecular weight is 384 g/mol. The fourth-order valence-electron chi connectivity index (χ4n) is 0.944. The molecule has 1 aromatic rings. The number of benzene rings is 1. The quantitative estimate of drug-likeness (QED) is 0.541. The smallest absolute Gasteiger partial charge is 0.338 e. The summed E-state index contributed by atoms with van der Waals surface area (Å²) in [6.07, 6.45) is 0. The number of rotatable bonds is 1. The predicted octanol–water partition coefficient (Wildman–Crippen LogP) is 4.01. The molecule has 0 aliphatic rings. The third-order valence-corrected chi connectivity index (χ3v) is 2.47. The zero-order valence-electron chi connectivity index (χ0n) is 9.73. The van der Waals surface area contributed by atoms with Crippen LogP contribution in [0.3, 0.4) is 0 Å². The highest BCUT2D eigenvalue weighted by atomic mass is 127. The Kier molecular flexibility index (Phi) is 3.66. The maximum absolute atomic E-state index is 11.8. The number of esters is 1. The van der Waals surface area contributed by atoms with E-state index in [1.807, 2.05) is 0 Å². The minimum atomic E-state index is -0.544. The van der Waals surface area contributed by atoms with Crippen molar-refractivity contribution in [3.05, 3.63) is 31.8 Å². The molecule has 82 valence electrons. The lowest BCUT2D eigenvalue weighted by atomic mass is 10.2. The molecular formula is C11H12BrIO2. The molecule has 0 atom stereocenters. The Hall–Kier alpha value is -0.100. The summed E-state index contributed by atoms with van der Waals surface area (Å²) in [4.78, 5) is 11.8. The molecule has 4 heteroatoms. The van der Waals surface area contributed by atoms with Crippen LogP contribution in [-0.2, 0) is 4.74 Å². The van der Waals surface area contributed by atoms with Crippen LogP contribution in [0.5, 0.6) is 0 Å². The predicted molar refractivity (Wildman–Crippen MR) is 72.0 cm³/mol. The molecular weight excluding hydrogens is 371 g/mol. The van der Waals surface area contributed by atoms with Crippen LogP contribution in [-0.4, -0.2) is 11.6 Å². The molecule has 0 N–H and O–H groups in total. The lowest BCUT2D eigenvalue weighted by Crippen LogP contribution is -2.23. The average Bonchev–Trinajstić information content (AvgIpc) is 2.08. The third-order valence-electron chi connectivity index (χ3n) is 1.42. The van der Waals surface area contributed by atoms with Crippen molar-refractivity contribution in [2.75, 3.05) is 0 Å². The van der Waals surface area contributed by atoms with Gasteiger partial charge in [0.05, 0.1) is 6.93 Å². The summed E-state index contributed by atoms with van der Waals surface area (Å²) in [7, 11) is 0. The monoisotopic (exact) mass is 383 g/mol. The molecule has 0 saturated carbocycles. The molecule has 0 radical (unpaired) electrons. The minimum Gasteiger partial charge on any atom is -0.456 e. The van der Waals surface area contributed by atoms with Gasteiger partial charge in [-0.2, -0.15) is 0 Å². The van der Waals surface area contributed by atoms with E-state index in [-0.39, 0.29) is 11.6 Å². The SMILES string of the molecule is [2H]c1c(Br)cc(I)cc1C(=O)OC(C)(C)C. The van der Waals surface area contributed by atoms with Gasteiger partial charge in [-0.15, -0.1) is 0 Å². The van der Waals surface area contributed by atoms with Crippen LogP contribution in [0.25, 0.3) is 0 Å². The highest BCUT2D eigenvalue weighted by molar-refractivity contribution is 14.1. The summed E-state index contributed by atoms with van der Waals surface area (Å²) in [6.45, 7) is 5.41. The number of carbonyl (C=O) groups excluding carboxylic acids is 1. The van der Waals surface area contributed by atoms with Gasteiger partial charge in [0.2, 0.25) is 0 Å². The topological polar surface area (TPSA) is 26.3 Å². The largest absolute Gasteiger partial charge is 0.456 e. The van der Waals surface area contributed by atoms with E-state index in [1.54, 1.807) is 32.9 Å². The van der Waals surface area contributed by atoms with E-state index in [4.69, 9.17) is 6.11 Å². The molecule has 0 fully saturated rings. The summed E-state index contributed by atoms with van der Waals surface area (Å²) in [5, 5.41) is 0. The van der Waals surface area contributed by atoms with Gasteiger partial charge in [0, 0.05) is 8.04 Å². The van der Waals surface area contributed by atoms with Gasteiger partial charge in [-0.3, -0.25) is 0 Å². The van der Waals surface area contributed by atoms with E-state index in [0.29, 0.717) is 4.47 Å². The molecule has 15 heavy (non-hydrogen) atoms.